The molecule has 0 aliphatic carbocycles. The van der Waals surface area contributed by atoms with E-state index in [1.54, 1.807) is 30.3 Å². The summed E-state index contributed by atoms with van der Waals surface area (Å²) in [6.07, 6.45) is 1.14. The molecule has 3 nitrogen and oxygen atoms in total. The van der Waals surface area contributed by atoms with Gasteiger partial charge in [0.25, 0.3) is 0 Å². The Hall–Kier alpha value is -2.36. The maximum Gasteiger partial charge on any atom is 0.227 e. The van der Waals surface area contributed by atoms with E-state index in [9.17, 15) is 14.3 Å². The van der Waals surface area contributed by atoms with Crippen LogP contribution in [0, 0.1) is 5.82 Å². The van der Waals surface area contributed by atoms with Crippen molar-refractivity contribution in [3.05, 3.63) is 65.5 Å². The van der Waals surface area contributed by atoms with Crippen molar-refractivity contribution in [1.29, 1.82) is 0 Å². The SMILES string of the molecule is O=C(Cc1cccc(O)c1)N1CC[C@@H](c2cccc(F)c2)C1. The van der Waals surface area contributed by atoms with Crippen LogP contribution in [0.3, 0.4) is 0 Å². The summed E-state index contributed by atoms with van der Waals surface area (Å²) in [7, 11) is 0. The van der Waals surface area contributed by atoms with Crippen molar-refractivity contribution >= 4 is 5.91 Å². The summed E-state index contributed by atoms with van der Waals surface area (Å²) in [5.74, 6) is 0.180. The van der Waals surface area contributed by atoms with E-state index >= 15 is 0 Å². The van der Waals surface area contributed by atoms with Gasteiger partial charge in [0.05, 0.1) is 6.42 Å². The molecular weight excluding hydrogens is 281 g/mol. The summed E-state index contributed by atoms with van der Waals surface area (Å²) in [6.45, 7) is 1.32. The molecule has 0 radical (unpaired) electrons. The molecule has 0 unspecified atom stereocenters. The Kier molecular flexibility index (Phi) is 4.09. The molecule has 4 heteroatoms. The van der Waals surface area contributed by atoms with E-state index < -0.39 is 0 Å². The topological polar surface area (TPSA) is 40.5 Å². The summed E-state index contributed by atoms with van der Waals surface area (Å²) in [5.41, 5.74) is 1.76. The smallest absolute Gasteiger partial charge is 0.227 e. The van der Waals surface area contributed by atoms with Gasteiger partial charge in [0.2, 0.25) is 5.91 Å². The molecule has 1 heterocycles. The van der Waals surface area contributed by atoms with E-state index in [2.05, 4.69) is 0 Å². The van der Waals surface area contributed by atoms with Gasteiger partial charge < -0.3 is 10.0 Å². The standard InChI is InChI=1S/C18H18FNO2/c19-16-5-2-4-14(11-16)15-7-8-20(12-15)18(22)10-13-3-1-6-17(21)9-13/h1-6,9,11,15,21H,7-8,10,12H2/t15-/m1/s1. The fourth-order valence-corrected chi connectivity index (χ4v) is 2.97. The van der Waals surface area contributed by atoms with Crippen molar-refractivity contribution in [3.63, 3.8) is 0 Å². The highest BCUT2D eigenvalue weighted by Gasteiger charge is 2.27. The van der Waals surface area contributed by atoms with Gasteiger partial charge in [0, 0.05) is 19.0 Å². The summed E-state index contributed by atoms with van der Waals surface area (Å²) in [5, 5.41) is 9.45. The number of phenolic OH excluding ortho intramolecular Hbond substituents is 1. The van der Waals surface area contributed by atoms with Gasteiger partial charge in [-0.15, -0.1) is 0 Å². The number of carbonyl (C=O) groups is 1. The molecular formula is C18H18FNO2. The zero-order valence-corrected chi connectivity index (χ0v) is 12.2. The van der Waals surface area contributed by atoms with Crippen LogP contribution in [0.4, 0.5) is 4.39 Å². The number of aromatic hydroxyl groups is 1. The van der Waals surface area contributed by atoms with Crippen LogP contribution in [0.1, 0.15) is 23.5 Å². The monoisotopic (exact) mass is 299 g/mol. The van der Waals surface area contributed by atoms with E-state index in [1.807, 2.05) is 17.0 Å². The normalized spacial score (nSPS) is 17.7. The molecule has 0 aromatic heterocycles. The fourth-order valence-electron chi connectivity index (χ4n) is 2.97. The molecule has 0 bridgehead atoms. The molecule has 1 atom stereocenters. The Morgan fingerprint density at radius 2 is 2.05 bits per heavy atom. The molecule has 3 rings (SSSR count). The predicted molar refractivity (Wildman–Crippen MR) is 82.1 cm³/mol. The number of carbonyl (C=O) groups excluding carboxylic acids is 1. The average molecular weight is 299 g/mol. The van der Waals surface area contributed by atoms with Gasteiger partial charge >= 0.3 is 0 Å². The molecule has 114 valence electrons. The van der Waals surface area contributed by atoms with Crippen molar-refractivity contribution in [2.75, 3.05) is 13.1 Å². The number of phenols is 1. The van der Waals surface area contributed by atoms with Gasteiger partial charge in [-0.05, 0) is 41.8 Å². The average Bonchev–Trinajstić information content (AvgIpc) is 2.97. The molecule has 1 fully saturated rings. The summed E-state index contributed by atoms with van der Waals surface area (Å²) < 4.78 is 13.3. The molecule has 1 aliphatic rings. The predicted octanol–water partition coefficient (Wildman–Crippen LogP) is 3.09. The van der Waals surface area contributed by atoms with Crippen molar-refractivity contribution in [1.82, 2.24) is 4.90 Å². The van der Waals surface area contributed by atoms with E-state index in [0.717, 1.165) is 17.5 Å². The summed E-state index contributed by atoms with van der Waals surface area (Å²) in [6, 6.07) is 13.4. The molecule has 1 saturated heterocycles. The number of amides is 1. The van der Waals surface area contributed by atoms with Gasteiger partial charge in [0.15, 0.2) is 0 Å². The van der Waals surface area contributed by atoms with Crippen LogP contribution < -0.4 is 0 Å². The molecule has 2 aromatic carbocycles. The largest absolute Gasteiger partial charge is 0.508 e. The van der Waals surface area contributed by atoms with E-state index in [1.165, 1.54) is 6.07 Å². The summed E-state index contributed by atoms with van der Waals surface area (Å²) >= 11 is 0. The molecule has 1 amide bonds. The van der Waals surface area contributed by atoms with Gasteiger partial charge in [-0.1, -0.05) is 24.3 Å². The van der Waals surface area contributed by atoms with Crippen LogP contribution in [0.5, 0.6) is 5.75 Å². The molecule has 1 aliphatic heterocycles. The Morgan fingerprint density at radius 1 is 1.23 bits per heavy atom. The molecule has 2 aromatic rings. The number of likely N-dealkylation sites (tertiary alicyclic amines) is 1. The minimum atomic E-state index is -0.234. The maximum absolute atomic E-state index is 13.3. The highest BCUT2D eigenvalue weighted by molar-refractivity contribution is 5.79. The number of hydrogen-bond acceptors (Lipinski definition) is 2. The Labute approximate surface area is 129 Å². The first-order chi connectivity index (χ1) is 10.6. The highest BCUT2D eigenvalue weighted by atomic mass is 19.1. The van der Waals surface area contributed by atoms with Gasteiger partial charge in [-0.2, -0.15) is 0 Å². The lowest BCUT2D eigenvalue weighted by Gasteiger charge is -2.17. The molecule has 0 saturated carbocycles. The Balaban J connectivity index is 1.63. The first kappa shape index (κ1) is 14.6. The minimum absolute atomic E-state index is 0.0458. The molecule has 22 heavy (non-hydrogen) atoms. The Morgan fingerprint density at radius 3 is 2.82 bits per heavy atom. The maximum atomic E-state index is 13.3. The third-order valence-electron chi connectivity index (χ3n) is 4.13. The number of nitrogens with zero attached hydrogens (tertiary/aromatic N) is 1. The van der Waals surface area contributed by atoms with Gasteiger partial charge in [-0.3, -0.25) is 4.79 Å². The number of halogens is 1. The van der Waals surface area contributed by atoms with Crippen LogP contribution in [0.15, 0.2) is 48.5 Å². The second-order valence-corrected chi connectivity index (χ2v) is 5.73. The first-order valence-electron chi connectivity index (χ1n) is 7.43. The second-order valence-electron chi connectivity index (χ2n) is 5.73. The van der Waals surface area contributed by atoms with Crippen LogP contribution in [-0.4, -0.2) is 29.0 Å². The Bertz CT molecular complexity index is 686. The van der Waals surface area contributed by atoms with Crippen LogP contribution >= 0.6 is 0 Å². The van der Waals surface area contributed by atoms with Crippen LogP contribution in [-0.2, 0) is 11.2 Å². The summed E-state index contributed by atoms with van der Waals surface area (Å²) in [4.78, 5) is 14.2. The van der Waals surface area contributed by atoms with Crippen molar-refractivity contribution in [2.24, 2.45) is 0 Å². The lowest BCUT2D eigenvalue weighted by Crippen LogP contribution is -2.29. The van der Waals surface area contributed by atoms with Crippen LogP contribution in [0.2, 0.25) is 0 Å². The highest BCUT2D eigenvalue weighted by Crippen LogP contribution is 2.28. The second kappa shape index (κ2) is 6.18. The zero-order valence-electron chi connectivity index (χ0n) is 12.2. The lowest BCUT2D eigenvalue weighted by atomic mass is 9.98. The first-order valence-corrected chi connectivity index (χ1v) is 7.43. The third kappa shape index (κ3) is 3.27. The van der Waals surface area contributed by atoms with Gasteiger partial charge in [0.1, 0.15) is 11.6 Å². The minimum Gasteiger partial charge on any atom is -0.508 e. The van der Waals surface area contributed by atoms with E-state index in [4.69, 9.17) is 0 Å². The van der Waals surface area contributed by atoms with Gasteiger partial charge in [-0.25, -0.2) is 4.39 Å². The number of benzene rings is 2. The lowest BCUT2D eigenvalue weighted by molar-refractivity contribution is -0.129. The van der Waals surface area contributed by atoms with E-state index in [-0.39, 0.29) is 29.8 Å². The molecule has 0 spiro atoms. The molecule has 1 N–H and O–H groups in total. The zero-order chi connectivity index (χ0) is 15.5. The van der Waals surface area contributed by atoms with Crippen molar-refractivity contribution < 1.29 is 14.3 Å². The van der Waals surface area contributed by atoms with Crippen molar-refractivity contribution in [3.8, 4) is 5.75 Å². The third-order valence-corrected chi connectivity index (χ3v) is 4.13. The number of rotatable bonds is 3. The quantitative estimate of drug-likeness (QED) is 0.946. The van der Waals surface area contributed by atoms with E-state index in [0.29, 0.717) is 13.1 Å². The number of hydrogen-bond donors (Lipinski definition) is 1. The van der Waals surface area contributed by atoms with Crippen LogP contribution in [0.25, 0.3) is 0 Å². The fraction of sp³-hybridized carbons (Fsp3) is 0.278. The van der Waals surface area contributed by atoms with Crippen molar-refractivity contribution in [2.45, 2.75) is 18.8 Å².